The minimum absolute atomic E-state index is 0.0369. The largest absolute Gasteiger partial charge is 0.418 e. The minimum atomic E-state index is -4.46. The fourth-order valence-corrected chi connectivity index (χ4v) is 4.19. The molecule has 2 aromatic heterocycles. The lowest BCUT2D eigenvalue weighted by Crippen LogP contribution is -2.44. The Balaban J connectivity index is 1.65. The summed E-state index contributed by atoms with van der Waals surface area (Å²) in [4.78, 5) is 18.5. The van der Waals surface area contributed by atoms with Crippen LogP contribution in [0, 0.1) is 5.92 Å². The Labute approximate surface area is 166 Å². The van der Waals surface area contributed by atoms with Gasteiger partial charge in [0, 0.05) is 43.0 Å². The second-order valence-electron chi connectivity index (χ2n) is 7.64. The van der Waals surface area contributed by atoms with E-state index in [1.807, 2.05) is 0 Å². The quantitative estimate of drug-likeness (QED) is 0.663. The normalized spacial score (nSPS) is 20.2. The smallest absolute Gasteiger partial charge is 0.340 e. The van der Waals surface area contributed by atoms with E-state index in [0.29, 0.717) is 18.5 Å². The molecule has 0 radical (unpaired) electrons. The predicted molar refractivity (Wildman–Crippen MR) is 102 cm³/mol. The molecule has 3 aromatic rings. The Kier molecular flexibility index (Phi) is 5.02. The van der Waals surface area contributed by atoms with Gasteiger partial charge in [-0.2, -0.15) is 18.3 Å². The molecule has 1 fully saturated rings. The van der Waals surface area contributed by atoms with Crippen LogP contribution in [0.5, 0.6) is 0 Å². The lowest BCUT2D eigenvalue weighted by molar-refractivity contribution is -0.136. The van der Waals surface area contributed by atoms with E-state index in [1.54, 1.807) is 46.2 Å². The molecule has 0 N–H and O–H groups in total. The van der Waals surface area contributed by atoms with Crippen LogP contribution in [0.2, 0.25) is 0 Å². The Hall–Kier alpha value is -2.90. The van der Waals surface area contributed by atoms with E-state index < -0.39 is 11.7 Å². The van der Waals surface area contributed by atoms with Crippen LogP contribution in [0.1, 0.15) is 30.4 Å². The number of halogens is 3. The van der Waals surface area contributed by atoms with E-state index in [4.69, 9.17) is 0 Å². The monoisotopic (exact) mass is 402 g/mol. The molecule has 2 atom stereocenters. The molecule has 29 heavy (non-hydrogen) atoms. The number of rotatable bonds is 3. The van der Waals surface area contributed by atoms with Gasteiger partial charge in [0.15, 0.2) is 0 Å². The number of alkyl halides is 3. The molecule has 1 aliphatic heterocycles. The zero-order valence-electron chi connectivity index (χ0n) is 15.9. The maximum absolute atomic E-state index is 13.4. The average Bonchev–Trinajstić information content (AvgIpc) is 3.18. The number of hydrogen-bond donors (Lipinski definition) is 0. The van der Waals surface area contributed by atoms with Crippen LogP contribution < -0.4 is 0 Å². The van der Waals surface area contributed by atoms with Crippen molar-refractivity contribution in [2.75, 3.05) is 13.1 Å². The molecule has 1 aliphatic rings. The highest BCUT2D eigenvalue weighted by molar-refractivity contribution is 5.86. The van der Waals surface area contributed by atoms with Crippen molar-refractivity contribution >= 4 is 16.8 Å². The summed E-state index contributed by atoms with van der Waals surface area (Å²) in [5, 5.41) is 4.58. The summed E-state index contributed by atoms with van der Waals surface area (Å²) in [6.07, 6.45) is 1.08. The van der Waals surface area contributed by atoms with Crippen LogP contribution >= 0.6 is 0 Å². The minimum Gasteiger partial charge on any atom is -0.340 e. The third-order valence-electron chi connectivity index (χ3n) is 5.42. The van der Waals surface area contributed by atoms with Crippen molar-refractivity contribution in [1.82, 2.24) is 19.7 Å². The van der Waals surface area contributed by atoms with Crippen molar-refractivity contribution in [3.63, 3.8) is 0 Å². The van der Waals surface area contributed by atoms with Gasteiger partial charge in [-0.15, -0.1) is 0 Å². The van der Waals surface area contributed by atoms with E-state index in [0.717, 1.165) is 18.1 Å². The maximum atomic E-state index is 13.4. The maximum Gasteiger partial charge on any atom is 0.418 e. The molecule has 152 valence electrons. The lowest BCUT2D eigenvalue weighted by Gasteiger charge is -2.37. The van der Waals surface area contributed by atoms with Gasteiger partial charge in [-0.1, -0.05) is 19.1 Å². The van der Waals surface area contributed by atoms with Crippen molar-refractivity contribution < 1.29 is 18.0 Å². The number of fused-ring (bicyclic) bond motifs is 1. The molecular weight excluding hydrogens is 381 g/mol. The van der Waals surface area contributed by atoms with Gasteiger partial charge in [0.05, 0.1) is 11.1 Å². The fraction of sp³-hybridized carbons (Fsp3) is 0.381. The number of likely N-dealkylation sites (tertiary alicyclic amines) is 1. The first kappa shape index (κ1) is 19.4. The van der Waals surface area contributed by atoms with Crippen molar-refractivity contribution in [1.29, 1.82) is 0 Å². The second-order valence-corrected chi connectivity index (χ2v) is 7.64. The second kappa shape index (κ2) is 7.50. The first-order valence-corrected chi connectivity index (χ1v) is 9.53. The summed E-state index contributed by atoms with van der Waals surface area (Å²) in [5.74, 6) is 0.151. The number of nitrogens with zero attached hydrogens (tertiary/aromatic N) is 4. The highest BCUT2D eigenvalue weighted by atomic mass is 19.4. The zero-order chi connectivity index (χ0) is 20.6. The van der Waals surface area contributed by atoms with Gasteiger partial charge in [-0.05, 0) is 36.1 Å². The van der Waals surface area contributed by atoms with Crippen molar-refractivity contribution in [3.05, 3.63) is 60.0 Å². The van der Waals surface area contributed by atoms with Gasteiger partial charge in [-0.3, -0.25) is 14.5 Å². The molecule has 0 spiro atoms. The van der Waals surface area contributed by atoms with Gasteiger partial charge in [0.25, 0.3) is 0 Å². The van der Waals surface area contributed by atoms with Crippen LogP contribution in [0.3, 0.4) is 0 Å². The van der Waals surface area contributed by atoms with E-state index in [2.05, 4.69) is 17.0 Å². The summed E-state index contributed by atoms with van der Waals surface area (Å²) < 4.78 is 41.8. The first-order chi connectivity index (χ1) is 13.8. The number of amides is 1. The third kappa shape index (κ3) is 3.97. The van der Waals surface area contributed by atoms with Gasteiger partial charge in [0.2, 0.25) is 5.91 Å². The summed E-state index contributed by atoms with van der Waals surface area (Å²) in [6, 6.07) is 7.75. The van der Waals surface area contributed by atoms with Crippen LogP contribution in [-0.4, -0.2) is 38.7 Å². The molecule has 0 aliphatic carbocycles. The number of carbonyl (C=O) groups is 1. The van der Waals surface area contributed by atoms with Crippen LogP contribution in [-0.2, 0) is 17.5 Å². The fourth-order valence-electron chi connectivity index (χ4n) is 4.19. The molecule has 8 heteroatoms. The number of piperidine rings is 1. The SMILES string of the molecule is C[C@@H]1C[C@H](c2ccc(C(F)(F)F)c3ncccc23)CN(C(=O)Cn2cccn2)C1. The number of benzene rings is 1. The van der Waals surface area contributed by atoms with Crippen molar-refractivity contribution in [2.24, 2.45) is 5.92 Å². The topological polar surface area (TPSA) is 51.0 Å². The summed E-state index contributed by atoms with van der Waals surface area (Å²) in [6.45, 7) is 3.32. The summed E-state index contributed by atoms with van der Waals surface area (Å²) in [7, 11) is 0. The average molecular weight is 402 g/mol. The van der Waals surface area contributed by atoms with Crippen LogP contribution in [0.4, 0.5) is 13.2 Å². The van der Waals surface area contributed by atoms with Gasteiger partial charge in [0.1, 0.15) is 6.54 Å². The summed E-state index contributed by atoms with van der Waals surface area (Å²) >= 11 is 0. The standard InChI is InChI=1S/C21H21F3N4O/c1-14-10-15(12-27(11-14)19(29)13-28-9-3-8-26-28)16-5-6-18(21(22,23)24)20-17(16)4-2-7-25-20/h2-9,14-15H,10-13H2,1H3/t14-,15+/m1/s1. The van der Waals surface area contributed by atoms with Crippen molar-refractivity contribution in [2.45, 2.75) is 32.0 Å². The Morgan fingerprint density at radius 1 is 1.17 bits per heavy atom. The first-order valence-electron chi connectivity index (χ1n) is 9.53. The van der Waals surface area contributed by atoms with E-state index in [1.165, 1.54) is 6.20 Å². The van der Waals surface area contributed by atoms with E-state index in [-0.39, 0.29) is 29.8 Å². The van der Waals surface area contributed by atoms with Gasteiger partial charge < -0.3 is 4.90 Å². The van der Waals surface area contributed by atoms with Gasteiger partial charge in [-0.25, -0.2) is 0 Å². The molecule has 1 amide bonds. The summed E-state index contributed by atoms with van der Waals surface area (Å²) in [5.41, 5.74) is 0.0435. The molecule has 0 bridgehead atoms. The highest BCUT2D eigenvalue weighted by Gasteiger charge is 2.35. The van der Waals surface area contributed by atoms with E-state index in [9.17, 15) is 18.0 Å². The Bertz CT molecular complexity index is 1020. The molecule has 3 heterocycles. The molecule has 1 saturated heterocycles. The Morgan fingerprint density at radius 2 is 2.00 bits per heavy atom. The number of pyridine rings is 1. The number of hydrogen-bond acceptors (Lipinski definition) is 3. The van der Waals surface area contributed by atoms with E-state index >= 15 is 0 Å². The molecule has 0 saturated carbocycles. The zero-order valence-corrected chi connectivity index (χ0v) is 15.9. The van der Waals surface area contributed by atoms with Crippen molar-refractivity contribution in [3.8, 4) is 0 Å². The predicted octanol–water partition coefficient (Wildman–Crippen LogP) is 4.10. The van der Waals surface area contributed by atoms with Crippen LogP contribution in [0.15, 0.2) is 48.9 Å². The Morgan fingerprint density at radius 3 is 2.72 bits per heavy atom. The molecular formula is C21H21F3N4O. The third-order valence-corrected chi connectivity index (χ3v) is 5.42. The number of aromatic nitrogens is 3. The molecule has 4 rings (SSSR count). The molecule has 1 aromatic carbocycles. The van der Waals surface area contributed by atoms with Crippen LogP contribution in [0.25, 0.3) is 10.9 Å². The highest BCUT2D eigenvalue weighted by Crippen LogP contribution is 2.39. The van der Waals surface area contributed by atoms with Gasteiger partial charge >= 0.3 is 6.18 Å². The molecule has 5 nitrogen and oxygen atoms in total. The lowest BCUT2D eigenvalue weighted by atomic mass is 9.83. The number of carbonyl (C=O) groups excluding carboxylic acids is 1. The molecule has 0 unspecified atom stereocenters.